The molecule has 0 atom stereocenters. The summed E-state index contributed by atoms with van der Waals surface area (Å²) < 4.78 is 5.77. The van der Waals surface area contributed by atoms with Crippen LogP contribution in [0, 0.1) is 6.92 Å². The van der Waals surface area contributed by atoms with E-state index in [4.69, 9.17) is 4.74 Å². The summed E-state index contributed by atoms with van der Waals surface area (Å²) in [5.41, 5.74) is 2.64. The van der Waals surface area contributed by atoms with Gasteiger partial charge in [0.15, 0.2) is 0 Å². The number of hydrogen-bond donors (Lipinski definition) is 0. The second-order valence-corrected chi connectivity index (χ2v) is 4.05. The molecule has 1 aromatic rings. The molecule has 0 saturated heterocycles. The molecule has 1 nitrogen and oxygen atoms in total. The minimum Gasteiger partial charge on any atom is -0.458 e. The summed E-state index contributed by atoms with van der Waals surface area (Å²) in [5, 5.41) is 0. The third-order valence-electron chi connectivity index (χ3n) is 2.53. The Balaban J connectivity index is 2.09. The Labute approximate surface area is 91.1 Å². The molecule has 0 bridgehead atoms. The smallest absolute Gasteiger partial charge is 0.127 e. The molecule has 0 radical (unpaired) electrons. The first-order valence-electron chi connectivity index (χ1n) is 5.36. The molecule has 0 aromatic heterocycles. The van der Waals surface area contributed by atoms with Gasteiger partial charge in [-0.15, -0.1) is 0 Å². The van der Waals surface area contributed by atoms with Crippen LogP contribution in [-0.4, -0.2) is 0 Å². The van der Waals surface area contributed by atoms with Crippen LogP contribution in [-0.2, 0) is 0 Å². The van der Waals surface area contributed by atoms with Crippen LogP contribution in [0.2, 0.25) is 0 Å². The van der Waals surface area contributed by atoms with Gasteiger partial charge in [-0.3, -0.25) is 0 Å². The molecule has 15 heavy (non-hydrogen) atoms. The highest BCUT2D eigenvalue weighted by atomic mass is 16.5. The summed E-state index contributed by atoms with van der Waals surface area (Å²) >= 11 is 0. The SMILES string of the molecule is CC1=CC(Oc2ccc(C)cc2)=CCC1. The van der Waals surface area contributed by atoms with Crippen LogP contribution in [0.1, 0.15) is 25.3 Å². The first kappa shape index (κ1) is 10.0. The van der Waals surface area contributed by atoms with Crippen molar-refractivity contribution in [1.82, 2.24) is 0 Å². The van der Waals surface area contributed by atoms with Gasteiger partial charge in [0.25, 0.3) is 0 Å². The molecule has 0 fully saturated rings. The highest BCUT2D eigenvalue weighted by Gasteiger charge is 2.03. The Kier molecular flexibility index (Phi) is 2.91. The number of rotatable bonds is 2. The van der Waals surface area contributed by atoms with E-state index in [1.54, 1.807) is 0 Å². The van der Waals surface area contributed by atoms with Gasteiger partial charge in [0, 0.05) is 0 Å². The summed E-state index contributed by atoms with van der Waals surface area (Å²) in [6, 6.07) is 8.15. The Bertz CT molecular complexity index is 396. The lowest BCUT2D eigenvalue weighted by Gasteiger charge is -2.12. The molecule has 0 N–H and O–H groups in total. The highest BCUT2D eigenvalue weighted by molar-refractivity contribution is 5.31. The van der Waals surface area contributed by atoms with E-state index in [2.05, 4.69) is 38.1 Å². The molecule has 0 aliphatic heterocycles. The number of ether oxygens (including phenoxy) is 1. The van der Waals surface area contributed by atoms with Crippen molar-refractivity contribution in [2.45, 2.75) is 26.7 Å². The largest absolute Gasteiger partial charge is 0.458 e. The maximum absolute atomic E-state index is 5.77. The standard InChI is InChI=1S/C14H16O/c1-11-6-8-13(9-7-11)15-14-5-3-4-12(2)10-14/h5-10H,3-4H2,1-2H3. The predicted molar refractivity (Wildman–Crippen MR) is 62.9 cm³/mol. The van der Waals surface area contributed by atoms with Crippen molar-refractivity contribution in [3.63, 3.8) is 0 Å². The zero-order valence-electron chi connectivity index (χ0n) is 9.29. The molecular weight excluding hydrogens is 184 g/mol. The van der Waals surface area contributed by atoms with Crippen molar-refractivity contribution in [2.24, 2.45) is 0 Å². The summed E-state index contributed by atoms with van der Waals surface area (Å²) in [6.45, 7) is 4.22. The fourth-order valence-electron chi connectivity index (χ4n) is 1.63. The van der Waals surface area contributed by atoms with Gasteiger partial charge in [0.05, 0.1) is 0 Å². The zero-order chi connectivity index (χ0) is 10.7. The van der Waals surface area contributed by atoms with Gasteiger partial charge in [-0.25, -0.2) is 0 Å². The second kappa shape index (κ2) is 4.35. The van der Waals surface area contributed by atoms with Crippen LogP contribution in [0.4, 0.5) is 0 Å². The van der Waals surface area contributed by atoms with Crippen LogP contribution < -0.4 is 4.74 Å². The van der Waals surface area contributed by atoms with Crippen LogP contribution >= 0.6 is 0 Å². The molecule has 0 heterocycles. The van der Waals surface area contributed by atoms with E-state index in [1.165, 1.54) is 11.1 Å². The number of allylic oxidation sites excluding steroid dienone is 3. The van der Waals surface area contributed by atoms with Gasteiger partial charge in [-0.1, -0.05) is 23.3 Å². The Hall–Kier alpha value is -1.50. The van der Waals surface area contributed by atoms with Crippen molar-refractivity contribution in [1.29, 1.82) is 0 Å². The maximum atomic E-state index is 5.77. The topological polar surface area (TPSA) is 9.23 Å². The van der Waals surface area contributed by atoms with Crippen molar-refractivity contribution >= 4 is 0 Å². The second-order valence-electron chi connectivity index (χ2n) is 4.05. The lowest BCUT2D eigenvalue weighted by molar-refractivity contribution is 0.437. The van der Waals surface area contributed by atoms with E-state index in [9.17, 15) is 0 Å². The summed E-state index contributed by atoms with van der Waals surface area (Å²) in [6.07, 6.45) is 6.50. The van der Waals surface area contributed by atoms with Gasteiger partial charge >= 0.3 is 0 Å². The lowest BCUT2D eigenvalue weighted by Crippen LogP contribution is -1.97. The molecule has 0 unspecified atom stereocenters. The highest BCUT2D eigenvalue weighted by Crippen LogP contribution is 2.21. The van der Waals surface area contributed by atoms with E-state index in [0.29, 0.717) is 0 Å². The van der Waals surface area contributed by atoms with E-state index < -0.39 is 0 Å². The zero-order valence-corrected chi connectivity index (χ0v) is 9.29. The minimum atomic E-state index is 0.915. The van der Waals surface area contributed by atoms with Gasteiger partial charge in [0.1, 0.15) is 11.5 Å². The molecular formula is C14H16O. The molecule has 2 rings (SSSR count). The first-order valence-corrected chi connectivity index (χ1v) is 5.36. The summed E-state index contributed by atoms with van der Waals surface area (Å²) in [5.74, 6) is 1.89. The fraction of sp³-hybridized carbons (Fsp3) is 0.286. The molecule has 1 heteroatoms. The summed E-state index contributed by atoms with van der Waals surface area (Å²) in [7, 11) is 0. The van der Waals surface area contributed by atoms with Crippen LogP contribution in [0.15, 0.2) is 47.7 Å². The summed E-state index contributed by atoms with van der Waals surface area (Å²) in [4.78, 5) is 0. The molecule has 1 aromatic carbocycles. The van der Waals surface area contributed by atoms with Gasteiger partial charge in [0.2, 0.25) is 0 Å². The predicted octanol–water partition coefficient (Wildman–Crippen LogP) is 4.00. The van der Waals surface area contributed by atoms with Crippen molar-refractivity contribution in [3.8, 4) is 5.75 Å². The first-order chi connectivity index (χ1) is 7.24. The Morgan fingerprint density at radius 2 is 1.80 bits per heavy atom. The Morgan fingerprint density at radius 3 is 2.47 bits per heavy atom. The van der Waals surface area contributed by atoms with E-state index >= 15 is 0 Å². The molecule has 78 valence electrons. The molecule has 0 saturated carbocycles. The lowest BCUT2D eigenvalue weighted by atomic mass is 10.1. The Morgan fingerprint density at radius 1 is 1.07 bits per heavy atom. The number of benzene rings is 1. The maximum Gasteiger partial charge on any atom is 0.127 e. The number of aryl methyl sites for hydroxylation is 1. The molecule has 1 aliphatic carbocycles. The van der Waals surface area contributed by atoms with Gasteiger partial charge in [-0.05, 0) is 51.0 Å². The minimum absolute atomic E-state index is 0.915. The molecule has 0 spiro atoms. The van der Waals surface area contributed by atoms with Crippen molar-refractivity contribution in [2.75, 3.05) is 0 Å². The van der Waals surface area contributed by atoms with Gasteiger partial charge in [-0.2, -0.15) is 0 Å². The van der Waals surface area contributed by atoms with Crippen molar-refractivity contribution in [3.05, 3.63) is 53.3 Å². The van der Waals surface area contributed by atoms with Crippen molar-refractivity contribution < 1.29 is 4.74 Å². The third kappa shape index (κ3) is 2.72. The monoisotopic (exact) mass is 200 g/mol. The van der Waals surface area contributed by atoms with E-state index in [-0.39, 0.29) is 0 Å². The van der Waals surface area contributed by atoms with E-state index in [0.717, 1.165) is 24.4 Å². The van der Waals surface area contributed by atoms with Crippen LogP contribution in [0.25, 0.3) is 0 Å². The third-order valence-corrected chi connectivity index (χ3v) is 2.53. The normalized spacial score (nSPS) is 15.6. The fourth-order valence-corrected chi connectivity index (χ4v) is 1.63. The average molecular weight is 200 g/mol. The number of hydrogen-bond acceptors (Lipinski definition) is 1. The average Bonchev–Trinajstić information content (AvgIpc) is 2.22. The molecule has 0 amide bonds. The molecule has 1 aliphatic rings. The van der Waals surface area contributed by atoms with Crippen LogP contribution in [0.3, 0.4) is 0 Å². The van der Waals surface area contributed by atoms with Gasteiger partial charge < -0.3 is 4.74 Å². The van der Waals surface area contributed by atoms with E-state index in [1.807, 2.05) is 12.1 Å². The van der Waals surface area contributed by atoms with Crippen LogP contribution in [0.5, 0.6) is 5.75 Å². The quantitative estimate of drug-likeness (QED) is 0.701.